The predicted octanol–water partition coefficient (Wildman–Crippen LogP) is 13.0. The third kappa shape index (κ3) is 4.37. The highest BCUT2D eigenvalue weighted by molar-refractivity contribution is 6.16. The first-order valence-electron chi connectivity index (χ1n) is 16.7. The number of nitrogens with zero attached hydrogens (tertiary/aromatic N) is 2. The molecule has 3 heteroatoms. The van der Waals surface area contributed by atoms with Gasteiger partial charge in [0.15, 0.2) is 0 Å². The first kappa shape index (κ1) is 27.5. The summed E-state index contributed by atoms with van der Waals surface area (Å²) in [7, 11) is 0. The van der Waals surface area contributed by atoms with Crippen molar-refractivity contribution >= 4 is 71.6 Å². The number of rotatable bonds is 5. The molecule has 8 aromatic carbocycles. The minimum absolute atomic E-state index is 0.882. The summed E-state index contributed by atoms with van der Waals surface area (Å²) in [5.74, 6) is 0. The van der Waals surface area contributed by atoms with Crippen LogP contribution in [-0.4, -0.2) is 4.57 Å². The minimum atomic E-state index is 0.882. The zero-order valence-corrected chi connectivity index (χ0v) is 26.6. The van der Waals surface area contributed by atoms with Crippen LogP contribution < -0.4 is 4.90 Å². The summed E-state index contributed by atoms with van der Waals surface area (Å²) in [5, 5.41) is 6.96. The summed E-state index contributed by atoms with van der Waals surface area (Å²) < 4.78 is 8.90. The summed E-state index contributed by atoms with van der Waals surface area (Å²) in [5.41, 5.74) is 10.9. The lowest BCUT2D eigenvalue weighted by Gasteiger charge is -2.28. The molecule has 0 atom stereocenters. The SMILES string of the molecule is c1ccc(-c2ccccc2N(c2ccc3oc4c5ccccc5ccc4c3c2)c2ccc3c(c2)c2ccccc2n3-c2ccccc2)cc1. The van der Waals surface area contributed by atoms with Crippen LogP contribution in [0, 0.1) is 0 Å². The number of aromatic nitrogens is 1. The van der Waals surface area contributed by atoms with Crippen molar-refractivity contribution < 1.29 is 4.42 Å². The Hall–Kier alpha value is -6.58. The van der Waals surface area contributed by atoms with Crippen LogP contribution in [0.25, 0.3) is 71.3 Å². The molecule has 0 aliphatic heterocycles. The molecule has 0 spiro atoms. The van der Waals surface area contributed by atoms with Gasteiger partial charge in [-0.3, -0.25) is 0 Å². The number of benzene rings is 8. The van der Waals surface area contributed by atoms with E-state index >= 15 is 0 Å². The van der Waals surface area contributed by atoms with Crippen molar-refractivity contribution in [3.63, 3.8) is 0 Å². The molecule has 0 radical (unpaired) electrons. The molecule has 10 rings (SSSR count). The quantitative estimate of drug-likeness (QED) is 0.190. The zero-order chi connectivity index (χ0) is 32.3. The van der Waals surface area contributed by atoms with Gasteiger partial charge in [-0.2, -0.15) is 0 Å². The van der Waals surface area contributed by atoms with Gasteiger partial charge in [0, 0.05) is 49.6 Å². The Morgan fingerprint density at radius 1 is 0.429 bits per heavy atom. The first-order chi connectivity index (χ1) is 24.3. The Morgan fingerprint density at radius 3 is 1.94 bits per heavy atom. The van der Waals surface area contributed by atoms with Crippen LogP contribution in [-0.2, 0) is 0 Å². The molecule has 0 bridgehead atoms. The molecule has 2 heterocycles. The van der Waals surface area contributed by atoms with Gasteiger partial charge in [0.05, 0.1) is 16.7 Å². The summed E-state index contributed by atoms with van der Waals surface area (Å²) in [6, 6.07) is 65.0. The van der Waals surface area contributed by atoms with E-state index < -0.39 is 0 Å². The van der Waals surface area contributed by atoms with E-state index in [-0.39, 0.29) is 0 Å². The molecule has 0 aliphatic carbocycles. The summed E-state index contributed by atoms with van der Waals surface area (Å²) in [6.07, 6.45) is 0. The van der Waals surface area contributed by atoms with E-state index in [1.807, 2.05) is 0 Å². The Labute approximate surface area is 283 Å². The number of anilines is 3. The van der Waals surface area contributed by atoms with E-state index in [9.17, 15) is 0 Å². The molecular weight excluding hydrogens is 597 g/mol. The Bertz CT molecular complexity index is 2830. The van der Waals surface area contributed by atoms with Crippen LogP contribution in [0.5, 0.6) is 0 Å². The van der Waals surface area contributed by atoms with E-state index in [1.54, 1.807) is 0 Å². The highest BCUT2D eigenvalue weighted by Gasteiger charge is 2.21. The van der Waals surface area contributed by atoms with E-state index in [0.29, 0.717) is 0 Å². The largest absolute Gasteiger partial charge is 0.455 e. The Kier molecular flexibility index (Phi) is 6.18. The average molecular weight is 627 g/mol. The molecule has 0 fully saturated rings. The molecule has 3 nitrogen and oxygen atoms in total. The van der Waals surface area contributed by atoms with Crippen molar-refractivity contribution in [1.82, 2.24) is 4.57 Å². The van der Waals surface area contributed by atoms with Crippen LogP contribution in [0.1, 0.15) is 0 Å². The lowest BCUT2D eigenvalue weighted by molar-refractivity contribution is 0.672. The molecule has 2 aromatic heterocycles. The molecule has 0 unspecified atom stereocenters. The molecule has 0 amide bonds. The van der Waals surface area contributed by atoms with Crippen molar-refractivity contribution in [1.29, 1.82) is 0 Å². The van der Waals surface area contributed by atoms with Gasteiger partial charge in [-0.15, -0.1) is 0 Å². The second kappa shape index (κ2) is 11.0. The maximum absolute atomic E-state index is 6.53. The number of fused-ring (bicyclic) bond motifs is 8. The lowest BCUT2D eigenvalue weighted by Crippen LogP contribution is -2.11. The van der Waals surface area contributed by atoms with Crippen molar-refractivity contribution in [3.05, 3.63) is 182 Å². The van der Waals surface area contributed by atoms with Crippen LogP contribution in [0.2, 0.25) is 0 Å². The zero-order valence-electron chi connectivity index (χ0n) is 26.6. The van der Waals surface area contributed by atoms with Crippen LogP contribution in [0.4, 0.5) is 17.1 Å². The lowest BCUT2D eigenvalue weighted by atomic mass is 10.0. The normalized spacial score (nSPS) is 11.7. The van der Waals surface area contributed by atoms with E-state index in [0.717, 1.165) is 55.6 Å². The Morgan fingerprint density at radius 2 is 1.08 bits per heavy atom. The average Bonchev–Trinajstić information content (AvgIpc) is 3.71. The van der Waals surface area contributed by atoms with E-state index in [2.05, 4.69) is 191 Å². The van der Waals surface area contributed by atoms with Crippen LogP contribution in [0.15, 0.2) is 186 Å². The van der Waals surface area contributed by atoms with Crippen molar-refractivity contribution in [3.8, 4) is 16.8 Å². The highest BCUT2D eigenvalue weighted by Crippen LogP contribution is 2.45. The fourth-order valence-corrected chi connectivity index (χ4v) is 7.54. The third-order valence-corrected chi connectivity index (χ3v) is 9.76. The molecule has 10 aromatic rings. The van der Waals surface area contributed by atoms with Gasteiger partial charge in [0.1, 0.15) is 11.2 Å². The molecule has 0 saturated carbocycles. The molecule has 0 aliphatic rings. The first-order valence-corrected chi connectivity index (χ1v) is 16.7. The predicted molar refractivity (Wildman–Crippen MR) is 206 cm³/mol. The highest BCUT2D eigenvalue weighted by atomic mass is 16.3. The number of furan rings is 1. The second-order valence-electron chi connectivity index (χ2n) is 12.6. The summed E-state index contributed by atoms with van der Waals surface area (Å²) in [6.45, 7) is 0. The molecule has 49 heavy (non-hydrogen) atoms. The molecule has 0 saturated heterocycles. The van der Waals surface area contributed by atoms with Gasteiger partial charge in [0.25, 0.3) is 0 Å². The van der Waals surface area contributed by atoms with Gasteiger partial charge in [-0.25, -0.2) is 0 Å². The summed E-state index contributed by atoms with van der Waals surface area (Å²) in [4.78, 5) is 2.40. The van der Waals surface area contributed by atoms with Gasteiger partial charge in [0.2, 0.25) is 0 Å². The van der Waals surface area contributed by atoms with Crippen LogP contribution >= 0.6 is 0 Å². The number of hydrogen-bond donors (Lipinski definition) is 0. The van der Waals surface area contributed by atoms with Gasteiger partial charge in [-0.05, 0) is 77.7 Å². The van der Waals surface area contributed by atoms with Gasteiger partial charge in [-0.1, -0.05) is 115 Å². The fourth-order valence-electron chi connectivity index (χ4n) is 7.54. The standard InChI is InChI=1S/C46H30N2O/c1-3-13-31(14-4-1)36-18-9-11-21-42(36)47(35-25-28-45-41(30-35)39-26-23-32-15-7-8-19-37(32)46(39)49-45)34-24-27-44-40(29-34)38-20-10-12-22-43(38)48(44)33-16-5-2-6-17-33/h1-30H. The van der Waals surface area contributed by atoms with E-state index in [4.69, 9.17) is 4.42 Å². The van der Waals surface area contributed by atoms with Gasteiger partial charge >= 0.3 is 0 Å². The van der Waals surface area contributed by atoms with Crippen molar-refractivity contribution in [2.45, 2.75) is 0 Å². The second-order valence-corrected chi connectivity index (χ2v) is 12.6. The third-order valence-electron chi connectivity index (χ3n) is 9.76. The van der Waals surface area contributed by atoms with E-state index in [1.165, 1.54) is 32.8 Å². The van der Waals surface area contributed by atoms with Crippen LogP contribution in [0.3, 0.4) is 0 Å². The fraction of sp³-hybridized carbons (Fsp3) is 0. The Balaban J connectivity index is 1.25. The van der Waals surface area contributed by atoms with Crippen molar-refractivity contribution in [2.24, 2.45) is 0 Å². The molecular formula is C46H30N2O. The summed E-state index contributed by atoms with van der Waals surface area (Å²) >= 11 is 0. The smallest absolute Gasteiger partial charge is 0.143 e. The minimum Gasteiger partial charge on any atom is -0.455 e. The number of hydrogen-bond acceptors (Lipinski definition) is 2. The molecule has 230 valence electrons. The maximum Gasteiger partial charge on any atom is 0.143 e. The van der Waals surface area contributed by atoms with Crippen molar-refractivity contribution in [2.75, 3.05) is 4.90 Å². The maximum atomic E-state index is 6.53. The topological polar surface area (TPSA) is 21.3 Å². The number of para-hydroxylation sites is 3. The monoisotopic (exact) mass is 626 g/mol. The molecule has 0 N–H and O–H groups in total. The van der Waals surface area contributed by atoms with Gasteiger partial charge < -0.3 is 13.9 Å².